The van der Waals surface area contributed by atoms with E-state index < -0.39 is 6.03 Å². The van der Waals surface area contributed by atoms with Crippen molar-refractivity contribution in [1.29, 1.82) is 0 Å². The van der Waals surface area contributed by atoms with Crippen LogP contribution in [0.3, 0.4) is 0 Å². The van der Waals surface area contributed by atoms with E-state index in [1.165, 1.54) is 6.26 Å². The number of furan rings is 1. The van der Waals surface area contributed by atoms with Gasteiger partial charge in [0, 0.05) is 32.7 Å². The summed E-state index contributed by atoms with van der Waals surface area (Å²) in [6, 6.07) is 12.7. The van der Waals surface area contributed by atoms with E-state index in [9.17, 15) is 9.59 Å². The van der Waals surface area contributed by atoms with Gasteiger partial charge in [0.25, 0.3) is 0 Å². The molecule has 1 saturated heterocycles. The average molecular weight is 386 g/mol. The van der Waals surface area contributed by atoms with Crippen LogP contribution < -0.4 is 15.4 Å². The van der Waals surface area contributed by atoms with E-state index in [0.717, 1.165) is 38.5 Å². The van der Waals surface area contributed by atoms with Crippen LogP contribution in [0.1, 0.15) is 5.76 Å². The van der Waals surface area contributed by atoms with Crippen molar-refractivity contribution in [1.82, 2.24) is 20.4 Å². The van der Waals surface area contributed by atoms with Crippen LogP contribution in [0.15, 0.2) is 53.1 Å². The van der Waals surface area contributed by atoms with Crippen LogP contribution in [0.25, 0.3) is 0 Å². The Kier molecular flexibility index (Phi) is 7.45. The van der Waals surface area contributed by atoms with Crippen molar-refractivity contribution < 1.29 is 18.7 Å². The van der Waals surface area contributed by atoms with Crippen LogP contribution in [-0.4, -0.2) is 67.6 Å². The summed E-state index contributed by atoms with van der Waals surface area (Å²) in [4.78, 5) is 28.1. The second-order valence-corrected chi connectivity index (χ2v) is 6.59. The van der Waals surface area contributed by atoms with Crippen molar-refractivity contribution >= 4 is 11.9 Å². The molecule has 0 radical (unpaired) electrons. The molecule has 1 aromatic heterocycles. The lowest BCUT2D eigenvalue weighted by Crippen LogP contribution is -2.51. The predicted molar refractivity (Wildman–Crippen MR) is 104 cm³/mol. The van der Waals surface area contributed by atoms with E-state index in [1.54, 1.807) is 12.1 Å². The summed E-state index contributed by atoms with van der Waals surface area (Å²) in [5.41, 5.74) is 0. The minimum absolute atomic E-state index is 0.211. The van der Waals surface area contributed by atoms with Crippen LogP contribution in [0.2, 0.25) is 0 Å². The number of nitrogens with zero attached hydrogens (tertiary/aromatic N) is 2. The maximum Gasteiger partial charge on any atom is 0.321 e. The number of benzene rings is 1. The molecule has 3 amide bonds. The molecule has 8 heteroatoms. The number of piperazine rings is 1. The smallest absolute Gasteiger partial charge is 0.321 e. The fourth-order valence-corrected chi connectivity index (χ4v) is 2.97. The Hall–Kier alpha value is -2.84. The highest BCUT2D eigenvalue weighted by molar-refractivity contribution is 5.95. The van der Waals surface area contributed by atoms with E-state index in [0.29, 0.717) is 12.4 Å². The summed E-state index contributed by atoms with van der Waals surface area (Å²) in [6.45, 7) is 5.26. The molecule has 0 aliphatic carbocycles. The number of rotatable bonds is 8. The monoisotopic (exact) mass is 386 g/mol. The molecule has 1 aromatic carbocycles. The zero-order valence-corrected chi connectivity index (χ0v) is 15.8. The first-order valence-corrected chi connectivity index (χ1v) is 9.41. The SMILES string of the molecule is O=C(CN1CCN(CCOc2ccccc2)CC1)NC(=O)NCc1ccco1. The fourth-order valence-electron chi connectivity index (χ4n) is 2.97. The van der Waals surface area contributed by atoms with Gasteiger partial charge in [-0.25, -0.2) is 4.79 Å². The highest BCUT2D eigenvalue weighted by Crippen LogP contribution is 2.08. The Morgan fingerprint density at radius 1 is 1.00 bits per heavy atom. The van der Waals surface area contributed by atoms with Gasteiger partial charge in [-0.3, -0.25) is 19.9 Å². The van der Waals surface area contributed by atoms with Gasteiger partial charge in [-0.15, -0.1) is 0 Å². The molecule has 2 heterocycles. The highest BCUT2D eigenvalue weighted by Gasteiger charge is 2.19. The molecular weight excluding hydrogens is 360 g/mol. The van der Waals surface area contributed by atoms with Gasteiger partial charge in [0.1, 0.15) is 18.1 Å². The number of hydrogen-bond donors (Lipinski definition) is 2. The minimum atomic E-state index is -0.516. The summed E-state index contributed by atoms with van der Waals surface area (Å²) in [6.07, 6.45) is 1.54. The van der Waals surface area contributed by atoms with E-state index in [-0.39, 0.29) is 19.0 Å². The number of amides is 3. The van der Waals surface area contributed by atoms with Gasteiger partial charge < -0.3 is 14.5 Å². The van der Waals surface area contributed by atoms with Gasteiger partial charge in [0.05, 0.1) is 19.4 Å². The maximum absolute atomic E-state index is 12.0. The third-order valence-corrected chi connectivity index (χ3v) is 4.51. The van der Waals surface area contributed by atoms with Crippen LogP contribution in [0, 0.1) is 0 Å². The maximum atomic E-state index is 12.0. The summed E-state index contributed by atoms with van der Waals surface area (Å²) in [7, 11) is 0. The lowest BCUT2D eigenvalue weighted by atomic mass is 10.3. The standard InChI is InChI=1S/C20H26N4O4/c25-19(22-20(26)21-15-18-7-4-13-27-18)16-24-10-8-23(9-11-24)12-14-28-17-5-2-1-3-6-17/h1-7,13H,8-12,14-16H2,(H2,21,22,25,26). The number of para-hydroxylation sites is 1. The van der Waals surface area contributed by atoms with Crippen molar-refractivity contribution in [3.8, 4) is 5.75 Å². The van der Waals surface area contributed by atoms with Crippen LogP contribution in [-0.2, 0) is 11.3 Å². The third-order valence-electron chi connectivity index (χ3n) is 4.51. The number of imide groups is 1. The van der Waals surface area contributed by atoms with Crippen LogP contribution in [0.4, 0.5) is 4.79 Å². The van der Waals surface area contributed by atoms with Crippen LogP contribution in [0.5, 0.6) is 5.75 Å². The normalized spacial score (nSPS) is 15.1. The first kappa shape index (κ1) is 19.9. The molecule has 150 valence electrons. The molecule has 0 unspecified atom stereocenters. The van der Waals surface area contributed by atoms with Gasteiger partial charge in [0.15, 0.2) is 0 Å². The molecule has 1 aliphatic rings. The largest absolute Gasteiger partial charge is 0.492 e. The van der Waals surface area contributed by atoms with Gasteiger partial charge >= 0.3 is 6.03 Å². The second kappa shape index (κ2) is 10.5. The number of nitrogens with one attached hydrogen (secondary N) is 2. The van der Waals surface area contributed by atoms with Crippen molar-refractivity contribution in [3.05, 3.63) is 54.5 Å². The molecule has 8 nitrogen and oxygen atoms in total. The van der Waals surface area contributed by atoms with Gasteiger partial charge in [-0.2, -0.15) is 0 Å². The van der Waals surface area contributed by atoms with Crippen LogP contribution >= 0.6 is 0 Å². The third kappa shape index (κ3) is 6.71. The second-order valence-electron chi connectivity index (χ2n) is 6.59. The summed E-state index contributed by atoms with van der Waals surface area (Å²) < 4.78 is 10.8. The average Bonchev–Trinajstić information content (AvgIpc) is 3.22. The molecule has 0 spiro atoms. The van der Waals surface area contributed by atoms with Gasteiger partial charge in [0.2, 0.25) is 5.91 Å². The Balaban J connectivity index is 1.27. The van der Waals surface area contributed by atoms with E-state index in [2.05, 4.69) is 15.5 Å². The quantitative estimate of drug-likeness (QED) is 0.711. The number of hydrogen-bond acceptors (Lipinski definition) is 6. The lowest BCUT2D eigenvalue weighted by molar-refractivity contribution is -0.121. The number of ether oxygens (including phenoxy) is 1. The molecule has 2 N–H and O–H groups in total. The molecule has 3 rings (SSSR count). The number of urea groups is 1. The first-order chi connectivity index (χ1) is 13.7. The first-order valence-electron chi connectivity index (χ1n) is 9.41. The van der Waals surface area contributed by atoms with Crippen molar-refractivity contribution in [3.63, 3.8) is 0 Å². The predicted octanol–water partition coefficient (Wildman–Crippen LogP) is 1.30. The molecule has 0 bridgehead atoms. The molecule has 2 aromatic rings. The summed E-state index contributed by atoms with van der Waals surface area (Å²) in [5.74, 6) is 1.20. The van der Waals surface area contributed by atoms with Crippen molar-refractivity contribution in [2.75, 3.05) is 45.9 Å². The van der Waals surface area contributed by atoms with Crippen molar-refractivity contribution in [2.45, 2.75) is 6.54 Å². The zero-order valence-electron chi connectivity index (χ0n) is 15.8. The fraction of sp³-hybridized carbons (Fsp3) is 0.400. The van der Waals surface area contributed by atoms with Gasteiger partial charge in [-0.05, 0) is 24.3 Å². The van der Waals surface area contributed by atoms with Crippen molar-refractivity contribution in [2.24, 2.45) is 0 Å². The highest BCUT2D eigenvalue weighted by atomic mass is 16.5. The Morgan fingerprint density at radius 3 is 2.46 bits per heavy atom. The Labute approximate surface area is 164 Å². The summed E-state index contributed by atoms with van der Waals surface area (Å²) >= 11 is 0. The van der Waals surface area contributed by atoms with E-state index in [4.69, 9.17) is 9.15 Å². The molecule has 28 heavy (non-hydrogen) atoms. The Morgan fingerprint density at radius 2 is 1.75 bits per heavy atom. The zero-order chi connectivity index (χ0) is 19.6. The van der Waals surface area contributed by atoms with E-state index >= 15 is 0 Å². The number of carbonyl (C=O) groups is 2. The van der Waals surface area contributed by atoms with Gasteiger partial charge in [-0.1, -0.05) is 18.2 Å². The number of carbonyl (C=O) groups excluding carboxylic acids is 2. The Bertz CT molecular complexity index is 728. The minimum Gasteiger partial charge on any atom is -0.492 e. The lowest BCUT2D eigenvalue weighted by Gasteiger charge is -2.34. The molecule has 0 atom stereocenters. The summed E-state index contributed by atoms with van der Waals surface area (Å²) in [5, 5.41) is 4.94. The molecule has 0 saturated carbocycles. The topological polar surface area (TPSA) is 87.0 Å². The molecular formula is C20H26N4O4. The molecule has 1 aliphatic heterocycles. The molecule has 1 fully saturated rings. The van der Waals surface area contributed by atoms with E-state index in [1.807, 2.05) is 35.2 Å².